The predicted octanol–water partition coefficient (Wildman–Crippen LogP) is 0.694. The monoisotopic (exact) mass is 219 g/mol. The summed E-state index contributed by atoms with van der Waals surface area (Å²) in [5, 5.41) is 8.38. The second-order valence-corrected chi connectivity index (χ2v) is 2.79. The topological polar surface area (TPSA) is 76.5 Å². The van der Waals surface area contributed by atoms with Gasteiger partial charge in [0.25, 0.3) is 0 Å². The Morgan fingerprint density at radius 2 is 2.31 bits per heavy atom. The van der Waals surface area contributed by atoms with E-state index in [1.165, 1.54) is 19.4 Å². The van der Waals surface area contributed by atoms with E-state index in [9.17, 15) is 9.59 Å². The fourth-order valence-electron chi connectivity index (χ4n) is 0.946. The second kappa shape index (κ2) is 5.51. The van der Waals surface area contributed by atoms with Crippen molar-refractivity contribution >= 4 is 11.9 Å². The van der Waals surface area contributed by atoms with Crippen molar-refractivity contribution in [1.29, 1.82) is 0 Å². The number of aliphatic carboxylic acids is 1. The molecule has 0 atom stereocenters. The summed E-state index contributed by atoms with van der Waals surface area (Å²) in [6.45, 7) is 0. The molecule has 0 saturated carbocycles. The maximum absolute atomic E-state index is 11.1. The zero-order valence-corrected chi connectivity index (χ0v) is 8.56. The van der Waals surface area contributed by atoms with Crippen molar-refractivity contribution < 1.29 is 19.4 Å². The van der Waals surface area contributed by atoms with Crippen molar-refractivity contribution in [3.63, 3.8) is 0 Å². The first-order valence-corrected chi connectivity index (χ1v) is 4.38. The van der Waals surface area contributed by atoms with E-state index in [1.807, 2.05) is 0 Å². The Morgan fingerprint density at radius 1 is 1.56 bits per heavy atom. The minimum absolute atomic E-state index is 0.143. The lowest BCUT2D eigenvalue weighted by Gasteiger charge is -1.97. The second-order valence-electron chi connectivity index (χ2n) is 2.79. The molecule has 1 N–H and O–H groups in total. The van der Waals surface area contributed by atoms with Gasteiger partial charge in [0.15, 0.2) is 0 Å². The third-order valence-electron chi connectivity index (χ3n) is 1.63. The number of carboxylic acid groups (broad SMARTS) is 1. The number of carboxylic acids is 1. The van der Waals surface area contributed by atoms with E-state index < -0.39 is 11.9 Å². The van der Waals surface area contributed by atoms with Crippen molar-refractivity contribution in [2.75, 3.05) is 7.11 Å². The van der Waals surface area contributed by atoms with E-state index in [0.717, 1.165) is 0 Å². The third-order valence-corrected chi connectivity index (χ3v) is 1.63. The first-order valence-electron chi connectivity index (χ1n) is 4.38. The van der Waals surface area contributed by atoms with Crippen molar-refractivity contribution in [2.24, 2.45) is 0 Å². The van der Waals surface area contributed by atoms with Crippen LogP contribution in [0.3, 0.4) is 0 Å². The summed E-state index contributed by atoms with van der Waals surface area (Å²) in [6, 6.07) is 3.03. The SMILES string of the molecule is COC(=O)c1cc(C#CCC(=O)O)ccn1. The number of hydrogen-bond donors (Lipinski definition) is 1. The van der Waals surface area contributed by atoms with Gasteiger partial charge in [-0.2, -0.15) is 0 Å². The molecule has 0 fully saturated rings. The Labute approximate surface area is 92.1 Å². The minimum atomic E-state index is -0.991. The van der Waals surface area contributed by atoms with E-state index in [4.69, 9.17) is 5.11 Å². The number of esters is 1. The number of carbonyl (C=O) groups excluding carboxylic acids is 1. The van der Waals surface area contributed by atoms with Gasteiger partial charge < -0.3 is 9.84 Å². The van der Waals surface area contributed by atoms with Crippen LogP contribution in [0.4, 0.5) is 0 Å². The molecule has 16 heavy (non-hydrogen) atoms. The average Bonchev–Trinajstić information content (AvgIpc) is 2.28. The summed E-state index contributed by atoms with van der Waals surface area (Å²) in [5.41, 5.74) is 0.668. The fraction of sp³-hybridized carbons (Fsp3) is 0.182. The van der Waals surface area contributed by atoms with Gasteiger partial charge in [-0.05, 0) is 12.1 Å². The lowest BCUT2D eigenvalue weighted by Crippen LogP contribution is -2.03. The summed E-state index contributed by atoms with van der Waals surface area (Å²) < 4.78 is 4.49. The number of carbonyl (C=O) groups is 2. The van der Waals surface area contributed by atoms with E-state index in [-0.39, 0.29) is 12.1 Å². The standard InChI is InChI=1S/C11H9NO4/c1-16-11(15)9-7-8(5-6-12-9)3-2-4-10(13)14/h5-7H,4H2,1H3,(H,13,14). The number of ether oxygens (including phenoxy) is 1. The van der Waals surface area contributed by atoms with Crippen molar-refractivity contribution in [1.82, 2.24) is 4.98 Å². The van der Waals surface area contributed by atoms with Gasteiger partial charge in [0.2, 0.25) is 0 Å². The highest BCUT2D eigenvalue weighted by Crippen LogP contribution is 2.01. The smallest absolute Gasteiger partial charge is 0.356 e. The molecule has 0 unspecified atom stereocenters. The molecule has 1 aromatic heterocycles. The van der Waals surface area contributed by atoms with Crippen LogP contribution in [-0.4, -0.2) is 29.1 Å². The van der Waals surface area contributed by atoms with Crippen LogP contribution in [0.5, 0.6) is 0 Å². The molecule has 0 saturated heterocycles. The lowest BCUT2D eigenvalue weighted by atomic mass is 10.2. The number of methoxy groups -OCH3 is 1. The summed E-state index contributed by atoms with van der Waals surface area (Å²) in [6.07, 6.45) is 1.17. The number of aromatic nitrogens is 1. The molecule has 0 aliphatic heterocycles. The molecule has 1 aromatic rings. The van der Waals surface area contributed by atoms with Gasteiger partial charge in [-0.1, -0.05) is 11.8 Å². The van der Waals surface area contributed by atoms with Crippen molar-refractivity contribution in [2.45, 2.75) is 6.42 Å². The molecule has 0 radical (unpaired) electrons. The zero-order chi connectivity index (χ0) is 12.0. The minimum Gasteiger partial charge on any atom is -0.481 e. The number of nitrogens with zero attached hydrogens (tertiary/aromatic N) is 1. The van der Waals surface area contributed by atoms with Gasteiger partial charge in [-0.15, -0.1) is 0 Å². The Bertz CT molecular complexity index is 470. The summed E-state index contributed by atoms with van der Waals surface area (Å²) in [7, 11) is 1.26. The highest BCUT2D eigenvalue weighted by atomic mass is 16.5. The van der Waals surface area contributed by atoms with E-state index in [1.54, 1.807) is 6.07 Å². The molecule has 5 nitrogen and oxygen atoms in total. The normalized spacial score (nSPS) is 8.81. The quantitative estimate of drug-likeness (QED) is 0.585. The summed E-state index contributed by atoms with van der Waals surface area (Å²) >= 11 is 0. The molecular formula is C11H9NO4. The van der Waals surface area contributed by atoms with Gasteiger partial charge >= 0.3 is 11.9 Å². The number of pyridine rings is 1. The molecule has 1 rings (SSSR count). The van der Waals surface area contributed by atoms with Crippen LogP contribution in [0.1, 0.15) is 22.5 Å². The average molecular weight is 219 g/mol. The van der Waals surface area contributed by atoms with Crippen LogP contribution in [0.15, 0.2) is 18.3 Å². The molecule has 0 aliphatic rings. The molecule has 82 valence electrons. The molecule has 5 heteroatoms. The molecule has 0 amide bonds. The first-order chi connectivity index (χ1) is 7.63. The fourth-order valence-corrected chi connectivity index (χ4v) is 0.946. The molecule has 0 spiro atoms. The van der Waals surface area contributed by atoms with Gasteiger partial charge in [-0.3, -0.25) is 4.79 Å². The highest BCUT2D eigenvalue weighted by molar-refractivity contribution is 5.87. The molecule has 1 heterocycles. The van der Waals surface area contributed by atoms with Crippen LogP contribution >= 0.6 is 0 Å². The molecule has 0 bridgehead atoms. The van der Waals surface area contributed by atoms with E-state index >= 15 is 0 Å². The Morgan fingerprint density at radius 3 is 2.94 bits per heavy atom. The largest absolute Gasteiger partial charge is 0.481 e. The molecular weight excluding hydrogens is 210 g/mol. The van der Waals surface area contributed by atoms with Crippen LogP contribution in [0.25, 0.3) is 0 Å². The molecule has 0 aliphatic carbocycles. The highest BCUT2D eigenvalue weighted by Gasteiger charge is 2.06. The Balaban J connectivity index is 2.85. The van der Waals surface area contributed by atoms with Crippen LogP contribution in [-0.2, 0) is 9.53 Å². The van der Waals surface area contributed by atoms with Crippen LogP contribution in [0, 0.1) is 11.8 Å². The third kappa shape index (κ3) is 3.42. The lowest BCUT2D eigenvalue weighted by molar-refractivity contribution is -0.135. The van der Waals surface area contributed by atoms with Crippen molar-refractivity contribution in [3.8, 4) is 11.8 Å². The Hall–Kier alpha value is -2.35. The van der Waals surface area contributed by atoms with E-state index in [2.05, 4.69) is 21.6 Å². The van der Waals surface area contributed by atoms with Crippen LogP contribution in [0.2, 0.25) is 0 Å². The van der Waals surface area contributed by atoms with Gasteiger partial charge in [0, 0.05) is 11.8 Å². The van der Waals surface area contributed by atoms with Gasteiger partial charge in [0.05, 0.1) is 7.11 Å². The summed E-state index contributed by atoms with van der Waals surface area (Å²) in [5.74, 6) is 3.53. The zero-order valence-electron chi connectivity index (χ0n) is 8.56. The molecule has 0 aromatic carbocycles. The number of hydrogen-bond acceptors (Lipinski definition) is 4. The van der Waals surface area contributed by atoms with Crippen molar-refractivity contribution in [3.05, 3.63) is 29.6 Å². The maximum Gasteiger partial charge on any atom is 0.356 e. The Kier molecular flexibility index (Phi) is 4.04. The summed E-state index contributed by atoms with van der Waals surface area (Å²) in [4.78, 5) is 25.1. The van der Waals surface area contributed by atoms with Gasteiger partial charge in [-0.25, -0.2) is 9.78 Å². The van der Waals surface area contributed by atoms with E-state index in [0.29, 0.717) is 5.56 Å². The van der Waals surface area contributed by atoms with Crippen LogP contribution < -0.4 is 0 Å². The maximum atomic E-state index is 11.1. The first kappa shape index (κ1) is 11.7. The number of rotatable bonds is 2. The predicted molar refractivity (Wildman–Crippen MR) is 54.7 cm³/mol. The van der Waals surface area contributed by atoms with Gasteiger partial charge in [0.1, 0.15) is 12.1 Å².